The molecule has 1 saturated heterocycles. The van der Waals surface area contributed by atoms with Crippen LogP contribution in [0.5, 0.6) is 5.75 Å². The second kappa shape index (κ2) is 9.15. The Hall–Kier alpha value is -3.09. The molecule has 1 aliphatic heterocycles. The molecule has 1 fully saturated rings. The van der Waals surface area contributed by atoms with Crippen molar-refractivity contribution in [3.05, 3.63) is 65.7 Å². The van der Waals surface area contributed by atoms with Gasteiger partial charge in [-0.3, -0.25) is 4.79 Å². The average Bonchev–Trinajstić information content (AvgIpc) is 3.32. The lowest BCUT2D eigenvalue weighted by atomic mass is 10.0. The molecule has 30 heavy (non-hydrogen) atoms. The highest BCUT2D eigenvalue weighted by atomic mass is 16.7. The number of hydrogen-bond donors (Lipinski definition) is 2. The lowest BCUT2D eigenvalue weighted by Gasteiger charge is -2.14. The Morgan fingerprint density at radius 1 is 1.07 bits per heavy atom. The lowest BCUT2D eigenvalue weighted by Crippen LogP contribution is -2.13. The first-order chi connectivity index (χ1) is 14.7. The van der Waals surface area contributed by atoms with Crippen LogP contribution in [0.3, 0.4) is 0 Å². The van der Waals surface area contributed by atoms with Gasteiger partial charge in [0.25, 0.3) is 5.91 Å². The summed E-state index contributed by atoms with van der Waals surface area (Å²) in [5.41, 5.74) is 3.18. The molecule has 1 amide bonds. The van der Waals surface area contributed by atoms with E-state index in [2.05, 4.69) is 17.6 Å². The van der Waals surface area contributed by atoms with Crippen LogP contribution in [0.4, 0.5) is 11.4 Å². The van der Waals surface area contributed by atoms with Crippen molar-refractivity contribution in [1.29, 1.82) is 0 Å². The Kier molecular flexibility index (Phi) is 6.16. The fourth-order valence-corrected chi connectivity index (χ4v) is 3.48. The maximum absolute atomic E-state index is 12.9. The quantitative estimate of drug-likeness (QED) is 0.580. The van der Waals surface area contributed by atoms with E-state index in [0.29, 0.717) is 18.8 Å². The van der Waals surface area contributed by atoms with Crippen LogP contribution in [-0.4, -0.2) is 32.8 Å². The molecule has 0 aliphatic carbocycles. The summed E-state index contributed by atoms with van der Waals surface area (Å²) in [5.74, 6) is 0.628. The van der Waals surface area contributed by atoms with Gasteiger partial charge in [-0.1, -0.05) is 25.1 Å². The summed E-state index contributed by atoms with van der Waals surface area (Å²) >= 11 is 0. The molecule has 1 heterocycles. The van der Waals surface area contributed by atoms with Crippen molar-refractivity contribution < 1.29 is 19.0 Å². The molecular formula is C24H26N2O4. The van der Waals surface area contributed by atoms with Gasteiger partial charge in [-0.25, -0.2) is 0 Å². The van der Waals surface area contributed by atoms with Crippen LogP contribution < -0.4 is 15.4 Å². The van der Waals surface area contributed by atoms with Crippen LogP contribution in [0, 0.1) is 0 Å². The molecule has 2 N–H and O–H groups in total. The van der Waals surface area contributed by atoms with Crippen molar-refractivity contribution in [3.8, 4) is 5.75 Å². The van der Waals surface area contributed by atoms with Gasteiger partial charge in [0.1, 0.15) is 5.75 Å². The third-order valence-electron chi connectivity index (χ3n) is 5.05. The van der Waals surface area contributed by atoms with Gasteiger partial charge in [-0.15, -0.1) is 0 Å². The Labute approximate surface area is 176 Å². The highest BCUT2D eigenvalue weighted by Gasteiger charge is 2.18. The molecule has 3 aromatic rings. The van der Waals surface area contributed by atoms with E-state index in [4.69, 9.17) is 14.2 Å². The molecule has 6 nitrogen and oxygen atoms in total. The molecule has 0 bridgehead atoms. The van der Waals surface area contributed by atoms with E-state index < -0.39 is 0 Å². The summed E-state index contributed by atoms with van der Waals surface area (Å²) < 4.78 is 16.4. The lowest BCUT2D eigenvalue weighted by molar-refractivity contribution is -0.0441. The second-order valence-corrected chi connectivity index (χ2v) is 7.19. The Morgan fingerprint density at radius 3 is 2.53 bits per heavy atom. The molecule has 0 unspecified atom stereocenters. The Morgan fingerprint density at radius 2 is 1.83 bits per heavy atom. The van der Waals surface area contributed by atoms with Gasteiger partial charge < -0.3 is 24.8 Å². The number of carbonyl (C=O) groups excluding carboxylic acids is 1. The zero-order valence-electron chi connectivity index (χ0n) is 17.2. The smallest absolute Gasteiger partial charge is 0.255 e. The fraction of sp³-hybridized carbons (Fsp3) is 0.292. The zero-order chi connectivity index (χ0) is 20.9. The predicted molar refractivity (Wildman–Crippen MR) is 118 cm³/mol. The Balaban J connectivity index is 1.57. The van der Waals surface area contributed by atoms with Crippen LogP contribution in [-0.2, 0) is 9.47 Å². The largest absolute Gasteiger partial charge is 0.497 e. The van der Waals surface area contributed by atoms with E-state index in [1.807, 2.05) is 54.6 Å². The number of carbonyl (C=O) groups is 1. The van der Waals surface area contributed by atoms with Crippen molar-refractivity contribution in [1.82, 2.24) is 0 Å². The van der Waals surface area contributed by atoms with Crippen LogP contribution >= 0.6 is 0 Å². The molecule has 0 saturated carbocycles. The van der Waals surface area contributed by atoms with Crippen LogP contribution in [0.1, 0.15) is 35.6 Å². The van der Waals surface area contributed by atoms with Gasteiger partial charge >= 0.3 is 0 Å². The van der Waals surface area contributed by atoms with Crippen LogP contribution in [0.25, 0.3) is 10.8 Å². The summed E-state index contributed by atoms with van der Waals surface area (Å²) in [4.78, 5) is 12.9. The van der Waals surface area contributed by atoms with Gasteiger partial charge in [-0.2, -0.15) is 0 Å². The van der Waals surface area contributed by atoms with Gasteiger partial charge in [0.15, 0.2) is 6.29 Å². The summed E-state index contributed by atoms with van der Waals surface area (Å²) in [6.45, 7) is 4.14. The highest BCUT2D eigenvalue weighted by Crippen LogP contribution is 2.30. The van der Waals surface area contributed by atoms with Gasteiger partial charge in [0.2, 0.25) is 0 Å². The van der Waals surface area contributed by atoms with E-state index in [1.165, 1.54) is 0 Å². The number of benzene rings is 3. The molecule has 156 valence electrons. The predicted octanol–water partition coefficient (Wildman–Crippen LogP) is 4.97. The maximum Gasteiger partial charge on any atom is 0.255 e. The minimum Gasteiger partial charge on any atom is -0.497 e. The van der Waals surface area contributed by atoms with Crippen LogP contribution in [0.2, 0.25) is 0 Å². The van der Waals surface area contributed by atoms with Gasteiger partial charge in [0.05, 0.1) is 20.3 Å². The Bertz CT molecular complexity index is 1030. The van der Waals surface area contributed by atoms with E-state index in [9.17, 15) is 4.79 Å². The van der Waals surface area contributed by atoms with E-state index in [1.54, 1.807) is 7.11 Å². The maximum atomic E-state index is 12.9. The highest BCUT2D eigenvalue weighted by molar-refractivity contribution is 6.09. The first-order valence-corrected chi connectivity index (χ1v) is 10.2. The van der Waals surface area contributed by atoms with Crippen molar-refractivity contribution >= 4 is 28.1 Å². The number of fused-ring (bicyclic) bond motifs is 1. The number of anilines is 2. The fourth-order valence-electron chi connectivity index (χ4n) is 3.48. The number of amides is 1. The molecule has 1 aliphatic rings. The van der Waals surface area contributed by atoms with E-state index in [-0.39, 0.29) is 12.2 Å². The molecule has 0 aromatic heterocycles. The molecular weight excluding hydrogens is 380 g/mol. The summed E-state index contributed by atoms with van der Waals surface area (Å²) in [6, 6.07) is 17.2. The van der Waals surface area contributed by atoms with Crippen molar-refractivity contribution in [2.45, 2.75) is 19.6 Å². The molecule has 0 spiro atoms. The summed E-state index contributed by atoms with van der Waals surface area (Å²) in [6.07, 6.45) is 0.669. The number of rotatable bonds is 7. The number of ether oxygens (including phenoxy) is 3. The third kappa shape index (κ3) is 4.40. The minimum absolute atomic E-state index is 0.159. The second-order valence-electron chi connectivity index (χ2n) is 7.19. The first kappa shape index (κ1) is 20.2. The summed E-state index contributed by atoms with van der Waals surface area (Å²) in [7, 11) is 1.65. The monoisotopic (exact) mass is 406 g/mol. The number of nitrogens with one attached hydrogen (secondary N) is 2. The molecule has 3 aromatic carbocycles. The number of methoxy groups -OCH3 is 1. The van der Waals surface area contributed by atoms with Crippen molar-refractivity contribution in [3.63, 3.8) is 0 Å². The SMILES string of the molecule is CCCNc1cc(C(=O)Nc2ccc(C3OCCO3)cc2)cc2ccc(OC)cc12. The molecule has 0 radical (unpaired) electrons. The number of hydrogen-bond acceptors (Lipinski definition) is 5. The first-order valence-electron chi connectivity index (χ1n) is 10.2. The topological polar surface area (TPSA) is 68.8 Å². The minimum atomic E-state index is -0.320. The molecule has 4 rings (SSSR count). The van der Waals surface area contributed by atoms with Crippen molar-refractivity contribution in [2.24, 2.45) is 0 Å². The van der Waals surface area contributed by atoms with Gasteiger partial charge in [0, 0.05) is 34.4 Å². The standard InChI is InChI=1S/C24H26N2O4/c1-3-10-25-22-14-18(13-17-6-9-20(28-2)15-21(17)22)23(27)26-19-7-4-16(5-8-19)24-29-11-12-30-24/h4-9,13-15,24-25H,3,10-12H2,1-2H3,(H,26,27). The average molecular weight is 406 g/mol. The summed E-state index contributed by atoms with van der Waals surface area (Å²) in [5, 5.41) is 8.40. The third-order valence-corrected chi connectivity index (χ3v) is 5.05. The molecule has 0 atom stereocenters. The van der Waals surface area contributed by atoms with E-state index >= 15 is 0 Å². The van der Waals surface area contributed by atoms with E-state index in [0.717, 1.165) is 46.4 Å². The van der Waals surface area contributed by atoms with Crippen LogP contribution in [0.15, 0.2) is 54.6 Å². The molecule has 6 heteroatoms. The van der Waals surface area contributed by atoms with Gasteiger partial charge in [-0.05, 0) is 48.2 Å². The normalized spacial score (nSPS) is 14.1. The van der Waals surface area contributed by atoms with Crippen molar-refractivity contribution in [2.75, 3.05) is 37.5 Å². The zero-order valence-corrected chi connectivity index (χ0v) is 17.2.